The van der Waals surface area contributed by atoms with Crippen LogP contribution in [-0.4, -0.2) is 26.7 Å². The SMILES string of the molecule is Cl.NCCCc1nc(-c2ncccn2)no1. The van der Waals surface area contributed by atoms with E-state index >= 15 is 0 Å². The normalized spacial score (nSPS) is 9.81. The maximum absolute atomic E-state index is 5.38. The van der Waals surface area contributed by atoms with Crippen LogP contribution >= 0.6 is 12.4 Å². The highest BCUT2D eigenvalue weighted by Gasteiger charge is 2.09. The van der Waals surface area contributed by atoms with Crippen LogP contribution in [0, 0.1) is 0 Å². The van der Waals surface area contributed by atoms with E-state index in [1.807, 2.05) is 0 Å². The lowest BCUT2D eigenvalue weighted by Gasteiger charge is -1.89. The van der Waals surface area contributed by atoms with Gasteiger partial charge in [-0.3, -0.25) is 0 Å². The number of hydrogen-bond donors (Lipinski definition) is 1. The number of aromatic nitrogens is 4. The summed E-state index contributed by atoms with van der Waals surface area (Å²) in [5.41, 5.74) is 5.38. The highest BCUT2D eigenvalue weighted by Crippen LogP contribution is 2.09. The molecule has 2 N–H and O–H groups in total. The quantitative estimate of drug-likeness (QED) is 0.853. The molecule has 0 aliphatic heterocycles. The Morgan fingerprint density at radius 1 is 1.19 bits per heavy atom. The maximum atomic E-state index is 5.38. The van der Waals surface area contributed by atoms with Crippen LogP contribution in [0.5, 0.6) is 0 Å². The highest BCUT2D eigenvalue weighted by molar-refractivity contribution is 5.85. The lowest BCUT2D eigenvalue weighted by atomic mass is 10.3. The van der Waals surface area contributed by atoms with Gasteiger partial charge in [-0.2, -0.15) is 4.98 Å². The molecule has 0 bridgehead atoms. The van der Waals surface area contributed by atoms with Gasteiger partial charge in [0.1, 0.15) is 0 Å². The average molecular weight is 242 g/mol. The van der Waals surface area contributed by atoms with E-state index < -0.39 is 0 Å². The van der Waals surface area contributed by atoms with E-state index in [1.54, 1.807) is 18.5 Å². The smallest absolute Gasteiger partial charge is 0.240 e. The van der Waals surface area contributed by atoms with Crippen molar-refractivity contribution in [3.05, 3.63) is 24.4 Å². The predicted octanol–water partition coefficient (Wildman–Crippen LogP) is 0.840. The largest absolute Gasteiger partial charge is 0.339 e. The van der Waals surface area contributed by atoms with Crippen molar-refractivity contribution in [2.75, 3.05) is 6.54 Å². The molecule has 2 heterocycles. The van der Waals surface area contributed by atoms with Gasteiger partial charge >= 0.3 is 0 Å². The van der Waals surface area contributed by atoms with Crippen molar-refractivity contribution in [2.24, 2.45) is 5.73 Å². The molecule has 0 aliphatic carbocycles. The Hall–Kier alpha value is -1.53. The number of halogens is 1. The summed E-state index contributed by atoms with van der Waals surface area (Å²) in [4.78, 5) is 12.2. The molecule has 2 aromatic rings. The Kier molecular flexibility index (Phi) is 4.81. The average Bonchev–Trinajstić information content (AvgIpc) is 2.76. The van der Waals surface area contributed by atoms with Crippen LogP contribution in [0.15, 0.2) is 23.0 Å². The minimum Gasteiger partial charge on any atom is -0.339 e. The molecule has 16 heavy (non-hydrogen) atoms. The molecule has 86 valence electrons. The van der Waals surface area contributed by atoms with Crippen molar-refractivity contribution in [3.8, 4) is 11.6 Å². The molecule has 0 atom stereocenters. The molecule has 2 rings (SSSR count). The number of rotatable bonds is 4. The van der Waals surface area contributed by atoms with Crippen LogP contribution in [-0.2, 0) is 6.42 Å². The highest BCUT2D eigenvalue weighted by atomic mass is 35.5. The van der Waals surface area contributed by atoms with Crippen molar-refractivity contribution >= 4 is 12.4 Å². The summed E-state index contributed by atoms with van der Waals surface area (Å²) in [6.45, 7) is 0.611. The third-order valence-corrected chi connectivity index (χ3v) is 1.83. The Morgan fingerprint density at radius 3 is 2.62 bits per heavy atom. The lowest BCUT2D eigenvalue weighted by Crippen LogP contribution is -2.00. The number of hydrogen-bond acceptors (Lipinski definition) is 6. The summed E-state index contributed by atoms with van der Waals surface area (Å²) >= 11 is 0. The molecule has 7 heteroatoms. The van der Waals surface area contributed by atoms with Crippen molar-refractivity contribution in [3.63, 3.8) is 0 Å². The van der Waals surface area contributed by atoms with Gasteiger partial charge in [0.25, 0.3) is 0 Å². The fourth-order valence-corrected chi connectivity index (χ4v) is 1.12. The van der Waals surface area contributed by atoms with E-state index in [2.05, 4.69) is 20.1 Å². The first kappa shape index (κ1) is 12.5. The number of aryl methyl sites for hydroxylation is 1. The Morgan fingerprint density at radius 2 is 1.94 bits per heavy atom. The van der Waals surface area contributed by atoms with E-state index in [0.717, 1.165) is 6.42 Å². The van der Waals surface area contributed by atoms with Gasteiger partial charge < -0.3 is 10.3 Å². The van der Waals surface area contributed by atoms with Crippen LogP contribution in [0.2, 0.25) is 0 Å². The van der Waals surface area contributed by atoms with Crippen LogP contribution in [0.3, 0.4) is 0 Å². The van der Waals surface area contributed by atoms with Crippen molar-refractivity contribution in [1.29, 1.82) is 0 Å². The molecular weight excluding hydrogens is 230 g/mol. The summed E-state index contributed by atoms with van der Waals surface area (Å²) in [6.07, 6.45) is 4.80. The monoisotopic (exact) mass is 241 g/mol. The Labute approximate surface area is 98.7 Å². The molecule has 0 spiro atoms. The Bertz CT molecular complexity index is 419. The van der Waals surface area contributed by atoms with E-state index in [4.69, 9.17) is 10.3 Å². The van der Waals surface area contributed by atoms with Crippen molar-refractivity contribution in [2.45, 2.75) is 12.8 Å². The summed E-state index contributed by atoms with van der Waals surface area (Å²) in [5.74, 6) is 1.46. The topological polar surface area (TPSA) is 90.7 Å². The zero-order valence-electron chi connectivity index (χ0n) is 8.54. The molecule has 0 radical (unpaired) electrons. The first-order valence-corrected chi connectivity index (χ1v) is 4.70. The molecule has 2 aromatic heterocycles. The molecule has 0 aromatic carbocycles. The Balaban J connectivity index is 0.00000128. The van der Waals surface area contributed by atoms with Gasteiger partial charge in [-0.05, 0) is 19.0 Å². The van der Waals surface area contributed by atoms with Crippen LogP contribution in [0.4, 0.5) is 0 Å². The van der Waals surface area contributed by atoms with Gasteiger partial charge in [-0.1, -0.05) is 5.16 Å². The van der Waals surface area contributed by atoms with Crippen LogP contribution < -0.4 is 5.73 Å². The van der Waals surface area contributed by atoms with Crippen LogP contribution in [0.25, 0.3) is 11.6 Å². The molecule has 0 unspecified atom stereocenters. The van der Waals surface area contributed by atoms with Gasteiger partial charge in [-0.15, -0.1) is 12.4 Å². The zero-order chi connectivity index (χ0) is 10.5. The fraction of sp³-hybridized carbons (Fsp3) is 0.333. The first-order valence-electron chi connectivity index (χ1n) is 4.70. The molecule has 0 amide bonds. The van der Waals surface area contributed by atoms with Gasteiger partial charge in [0, 0.05) is 18.8 Å². The maximum Gasteiger partial charge on any atom is 0.240 e. The molecule has 0 fully saturated rings. The fourth-order valence-electron chi connectivity index (χ4n) is 1.12. The van der Waals surface area contributed by atoms with Gasteiger partial charge in [0.2, 0.25) is 17.5 Å². The molecular formula is C9H12ClN5O. The third-order valence-electron chi connectivity index (χ3n) is 1.83. The second-order valence-electron chi connectivity index (χ2n) is 2.98. The number of nitrogens with zero attached hydrogens (tertiary/aromatic N) is 4. The van der Waals surface area contributed by atoms with Gasteiger partial charge in [-0.25, -0.2) is 9.97 Å². The zero-order valence-corrected chi connectivity index (χ0v) is 9.35. The molecule has 6 nitrogen and oxygen atoms in total. The lowest BCUT2D eigenvalue weighted by molar-refractivity contribution is 0.376. The van der Waals surface area contributed by atoms with Crippen molar-refractivity contribution in [1.82, 2.24) is 20.1 Å². The predicted molar refractivity (Wildman–Crippen MR) is 59.9 cm³/mol. The first-order chi connectivity index (χ1) is 7.40. The van der Waals surface area contributed by atoms with E-state index in [9.17, 15) is 0 Å². The second-order valence-corrected chi connectivity index (χ2v) is 2.98. The van der Waals surface area contributed by atoms with E-state index in [-0.39, 0.29) is 12.4 Å². The minimum absolute atomic E-state index is 0. The summed E-state index contributed by atoms with van der Waals surface area (Å²) in [7, 11) is 0. The van der Waals surface area contributed by atoms with E-state index in [1.165, 1.54) is 0 Å². The van der Waals surface area contributed by atoms with Crippen LogP contribution in [0.1, 0.15) is 12.3 Å². The van der Waals surface area contributed by atoms with Gasteiger partial charge in [0.05, 0.1) is 0 Å². The van der Waals surface area contributed by atoms with Gasteiger partial charge in [0.15, 0.2) is 0 Å². The summed E-state index contributed by atoms with van der Waals surface area (Å²) in [6, 6.07) is 1.74. The standard InChI is InChI=1S/C9H11N5O.ClH/c10-4-1-3-7-13-9(14-15-7)8-11-5-2-6-12-8;/h2,5-6H,1,3-4,10H2;1H. The molecule has 0 saturated carbocycles. The summed E-state index contributed by atoms with van der Waals surface area (Å²) in [5, 5.41) is 3.79. The van der Waals surface area contributed by atoms with E-state index in [0.29, 0.717) is 30.5 Å². The van der Waals surface area contributed by atoms with Crippen molar-refractivity contribution < 1.29 is 4.52 Å². The summed E-state index contributed by atoms with van der Waals surface area (Å²) < 4.78 is 5.02. The molecule has 0 aliphatic rings. The molecule has 0 saturated heterocycles. The third kappa shape index (κ3) is 2.98. The number of nitrogens with two attached hydrogens (primary N) is 1. The minimum atomic E-state index is 0. The second kappa shape index (κ2) is 6.14.